The Bertz CT molecular complexity index is 1040. The number of carbonyl (C=O) groups is 1. The fourth-order valence-corrected chi connectivity index (χ4v) is 4.25. The number of hydrogen-bond donors (Lipinski definition) is 2. The van der Waals surface area contributed by atoms with E-state index in [4.69, 9.17) is 4.74 Å². The van der Waals surface area contributed by atoms with E-state index in [0.717, 1.165) is 28.7 Å². The highest BCUT2D eigenvalue weighted by atomic mass is 32.2. The van der Waals surface area contributed by atoms with Crippen LogP contribution in [0.4, 0.5) is 14.6 Å². The lowest BCUT2D eigenvalue weighted by molar-refractivity contribution is -0.119. The molecule has 0 aliphatic carbocycles. The number of rotatable bonds is 10. The van der Waals surface area contributed by atoms with E-state index in [1.807, 2.05) is 0 Å². The summed E-state index contributed by atoms with van der Waals surface area (Å²) >= 11 is 1.02. The number of carbonyl (C=O) groups excluding carboxylic acids is 1. The second kappa shape index (κ2) is 10.9. The summed E-state index contributed by atoms with van der Waals surface area (Å²) in [6.45, 7) is 4.43. The van der Waals surface area contributed by atoms with Gasteiger partial charge in [0, 0.05) is 37.4 Å². The number of anilines is 1. The molecule has 13 heteroatoms. The lowest BCUT2D eigenvalue weighted by Gasteiger charge is -2.37. The van der Waals surface area contributed by atoms with Gasteiger partial charge in [-0.3, -0.25) is 4.79 Å². The van der Waals surface area contributed by atoms with E-state index < -0.39 is 28.6 Å². The molecule has 1 N–H and O–H groups in total. The molecule has 0 saturated carbocycles. The number of nitrogens with one attached hydrogen (secondary N) is 1. The van der Waals surface area contributed by atoms with Crippen molar-refractivity contribution in [1.82, 2.24) is 20.3 Å². The van der Waals surface area contributed by atoms with Gasteiger partial charge in [-0.1, -0.05) is 23.9 Å². The Morgan fingerprint density at radius 1 is 1.34 bits per heavy atom. The third-order valence-electron chi connectivity index (χ3n) is 4.48. The largest absolute Gasteiger partial charge is 0.473 e. The lowest BCUT2D eigenvalue weighted by atomic mass is 10.2. The predicted octanol–water partition coefficient (Wildman–Crippen LogP) is 1.90. The molecule has 1 amide bonds. The molecule has 1 aromatic carbocycles. The molecule has 1 aliphatic rings. The van der Waals surface area contributed by atoms with Crippen molar-refractivity contribution >= 4 is 34.4 Å². The van der Waals surface area contributed by atoms with Gasteiger partial charge in [0.2, 0.25) is 22.7 Å². The van der Waals surface area contributed by atoms with Crippen molar-refractivity contribution in [2.45, 2.75) is 37.3 Å². The Morgan fingerprint density at radius 3 is 2.72 bits per heavy atom. The van der Waals surface area contributed by atoms with Gasteiger partial charge in [0.1, 0.15) is 6.10 Å². The first-order valence-electron chi connectivity index (χ1n) is 9.79. The number of hydrazine groups is 1. The smallest absolute Gasteiger partial charge is 0.240 e. The van der Waals surface area contributed by atoms with E-state index in [0.29, 0.717) is 13.1 Å². The molecule has 1 fully saturated rings. The van der Waals surface area contributed by atoms with Gasteiger partial charge in [0.15, 0.2) is 22.6 Å². The van der Waals surface area contributed by atoms with Crippen LogP contribution in [0.25, 0.3) is 0 Å². The van der Waals surface area contributed by atoms with Gasteiger partial charge >= 0.3 is 0 Å². The SMILES string of the molecule is CC(=O)NC[C@@H](C)Oc1cc(N(N2CCC2)[SH](=O)=O)nc(SCc2cccc(F)c2F)n1. The van der Waals surface area contributed by atoms with E-state index in [1.54, 1.807) is 11.9 Å². The van der Waals surface area contributed by atoms with Crippen LogP contribution in [0, 0.1) is 11.6 Å². The fraction of sp³-hybridized carbons (Fsp3) is 0.421. The Balaban J connectivity index is 1.86. The van der Waals surface area contributed by atoms with Crippen molar-refractivity contribution in [1.29, 1.82) is 0 Å². The summed E-state index contributed by atoms with van der Waals surface area (Å²) in [6.07, 6.45) is 0.390. The van der Waals surface area contributed by atoms with Gasteiger partial charge < -0.3 is 10.1 Å². The summed E-state index contributed by atoms with van der Waals surface area (Å²) in [5, 5.41) is 4.37. The summed E-state index contributed by atoms with van der Waals surface area (Å²) in [4.78, 5) is 19.7. The topological polar surface area (TPSA) is 105 Å². The van der Waals surface area contributed by atoms with Gasteiger partial charge in [-0.2, -0.15) is 9.40 Å². The molecular weight excluding hydrogens is 464 g/mol. The standard InChI is InChI=1S/C19H23F2N5O4S2/c1-12(10-22-13(2)27)30-17-9-16(26(32(28)29)25-7-4-8-25)23-19(24-17)31-11-14-5-3-6-15(20)18(14)21/h3,5-6,9,12,32H,4,7-8,10-11H2,1-2H3,(H,22,27)/t12-/m1/s1. The first-order valence-corrected chi connectivity index (χ1v) is 11.9. The first-order chi connectivity index (χ1) is 15.2. The number of ether oxygens (including phenoxy) is 1. The molecule has 174 valence electrons. The van der Waals surface area contributed by atoms with Crippen LogP contribution in [0.15, 0.2) is 29.4 Å². The number of halogens is 2. The van der Waals surface area contributed by atoms with Crippen LogP contribution in [0.3, 0.4) is 0 Å². The molecule has 1 atom stereocenters. The molecular formula is C19H23F2N5O4S2. The van der Waals surface area contributed by atoms with Crippen molar-refractivity contribution in [2.24, 2.45) is 0 Å². The molecule has 0 bridgehead atoms. The number of aromatic nitrogens is 2. The summed E-state index contributed by atoms with van der Waals surface area (Å²) in [7, 11) is -3.02. The molecule has 0 unspecified atom stereocenters. The second-order valence-corrected chi connectivity index (χ2v) is 8.85. The first kappa shape index (κ1) is 24.1. The van der Waals surface area contributed by atoms with Gasteiger partial charge in [-0.25, -0.2) is 27.2 Å². The van der Waals surface area contributed by atoms with E-state index in [-0.39, 0.29) is 40.6 Å². The van der Waals surface area contributed by atoms with Crippen LogP contribution in [-0.2, 0) is 21.4 Å². The Kier molecular flexibility index (Phi) is 8.21. The van der Waals surface area contributed by atoms with Gasteiger partial charge in [-0.15, -0.1) is 0 Å². The molecule has 2 heterocycles. The van der Waals surface area contributed by atoms with E-state index >= 15 is 0 Å². The average Bonchev–Trinajstić information content (AvgIpc) is 2.69. The van der Waals surface area contributed by atoms with Crippen LogP contribution in [0.1, 0.15) is 25.8 Å². The number of nitrogens with zero attached hydrogens (tertiary/aromatic N) is 4. The van der Waals surface area contributed by atoms with Gasteiger partial charge in [0.05, 0.1) is 6.54 Å². The fourth-order valence-electron chi connectivity index (χ4n) is 2.78. The molecule has 1 aliphatic heterocycles. The molecule has 0 radical (unpaired) electrons. The molecule has 2 aromatic rings. The van der Waals surface area contributed by atoms with Crippen LogP contribution in [0.2, 0.25) is 0 Å². The van der Waals surface area contributed by atoms with Crippen molar-refractivity contribution < 1.29 is 26.7 Å². The van der Waals surface area contributed by atoms with Crippen molar-refractivity contribution in [3.63, 3.8) is 0 Å². The maximum atomic E-state index is 14.0. The molecule has 1 saturated heterocycles. The Morgan fingerprint density at radius 2 is 2.09 bits per heavy atom. The Labute approximate surface area is 190 Å². The quantitative estimate of drug-likeness (QED) is 0.298. The number of thiol groups is 1. The van der Waals surface area contributed by atoms with Crippen LogP contribution in [0.5, 0.6) is 5.88 Å². The predicted molar refractivity (Wildman–Crippen MR) is 116 cm³/mol. The normalized spacial score (nSPS) is 14.7. The van der Waals surface area contributed by atoms with Gasteiger partial charge in [0.25, 0.3) is 0 Å². The van der Waals surface area contributed by atoms with Crippen LogP contribution >= 0.6 is 11.8 Å². The highest BCUT2D eigenvalue weighted by molar-refractivity contribution is 7.98. The number of amides is 1. The molecule has 1 aromatic heterocycles. The molecule has 32 heavy (non-hydrogen) atoms. The second-order valence-electron chi connectivity index (χ2n) is 7.05. The zero-order valence-electron chi connectivity index (χ0n) is 17.5. The van der Waals surface area contributed by atoms with Crippen molar-refractivity contribution in [3.8, 4) is 5.88 Å². The zero-order chi connectivity index (χ0) is 23.3. The summed E-state index contributed by atoms with van der Waals surface area (Å²) in [5.41, 5.74) is 0.125. The van der Waals surface area contributed by atoms with Crippen LogP contribution < -0.4 is 14.5 Å². The van der Waals surface area contributed by atoms with E-state index in [2.05, 4.69) is 15.3 Å². The zero-order valence-corrected chi connectivity index (χ0v) is 19.2. The summed E-state index contributed by atoms with van der Waals surface area (Å²) in [5.74, 6) is -1.93. The number of hydrogen-bond acceptors (Lipinski definition) is 8. The highest BCUT2D eigenvalue weighted by Gasteiger charge is 2.27. The van der Waals surface area contributed by atoms with Crippen molar-refractivity contribution in [2.75, 3.05) is 24.0 Å². The van der Waals surface area contributed by atoms with E-state index in [1.165, 1.54) is 25.1 Å². The average molecular weight is 488 g/mol. The number of thioether (sulfide) groups is 1. The third-order valence-corrected chi connectivity index (χ3v) is 6.14. The molecule has 3 rings (SSSR count). The lowest BCUT2D eigenvalue weighted by Crippen LogP contribution is -2.50. The summed E-state index contributed by atoms with van der Waals surface area (Å²) in [6, 6.07) is 5.26. The highest BCUT2D eigenvalue weighted by Crippen LogP contribution is 2.29. The third kappa shape index (κ3) is 6.26. The number of benzene rings is 1. The minimum atomic E-state index is -3.02. The maximum Gasteiger partial charge on any atom is 0.240 e. The molecule has 0 spiro atoms. The Hall–Kier alpha value is -2.51. The van der Waals surface area contributed by atoms with Gasteiger partial charge in [-0.05, 0) is 19.4 Å². The minimum Gasteiger partial charge on any atom is -0.473 e. The van der Waals surface area contributed by atoms with E-state index in [9.17, 15) is 22.0 Å². The minimum absolute atomic E-state index is 0.0289. The maximum absolute atomic E-state index is 14.0. The summed E-state index contributed by atoms with van der Waals surface area (Å²) < 4.78 is 58.1. The molecule has 9 nitrogen and oxygen atoms in total. The van der Waals surface area contributed by atoms with Crippen LogP contribution in [-0.4, -0.2) is 55.0 Å². The monoisotopic (exact) mass is 487 g/mol. The van der Waals surface area contributed by atoms with Crippen molar-refractivity contribution in [3.05, 3.63) is 41.5 Å².